The van der Waals surface area contributed by atoms with Crippen LogP contribution >= 0.6 is 22.9 Å². The van der Waals surface area contributed by atoms with Crippen LogP contribution < -0.4 is 5.32 Å². The first-order chi connectivity index (χ1) is 7.74. The van der Waals surface area contributed by atoms with Crippen LogP contribution in [0.3, 0.4) is 0 Å². The zero-order valence-corrected chi connectivity index (χ0v) is 11.8. The molecule has 0 aliphatic heterocycles. The lowest BCUT2D eigenvalue weighted by Crippen LogP contribution is -2.18. The van der Waals surface area contributed by atoms with Crippen molar-refractivity contribution in [2.45, 2.75) is 52.0 Å². The van der Waals surface area contributed by atoms with Crippen molar-refractivity contribution in [3.63, 3.8) is 0 Å². The lowest BCUT2D eigenvalue weighted by Gasteiger charge is -2.11. The molecule has 0 amide bonds. The van der Waals surface area contributed by atoms with Gasteiger partial charge in [-0.15, -0.1) is 11.3 Å². The van der Waals surface area contributed by atoms with Crippen molar-refractivity contribution < 1.29 is 0 Å². The Bertz CT molecular complexity index is 285. The molecule has 0 saturated heterocycles. The van der Waals surface area contributed by atoms with Gasteiger partial charge in [0.25, 0.3) is 0 Å². The molecule has 0 fully saturated rings. The molecule has 0 saturated carbocycles. The maximum absolute atomic E-state index is 5.91. The van der Waals surface area contributed by atoms with Gasteiger partial charge in [-0.05, 0) is 32.0 Å². The lowest BCUT2D eigenvalue weighted by atomic mass is 10.1. The summed E-state index contributed by atoms with van der Waals surface area (Å²) >= 11 is 7.58. The van der Waals surface area contributed by atoms with E-state index in [4.69, 9.17) is 11.6 Å². The Morgan fingerprint density at radius 2 is 2.00 bits per heavy atom. The average Bonchev–Trinajstić information content (AvgIpc) is 2.70. The molecule has 1 nitrogen and oxygen atoms in total. The number of halogens is 1. The predicted molar refractivity (Wildman–Crippen MR) is 74.5 cm³/mol. The Morgan fingerprint density at radius 3 is 2.62 bits per heavy atom. The molecule has 0 aromatic carbocycles. The summed E-state index contributed by atoms with van der Waals surface area (Å²) in [7, 11) is 0. The third-order valence-electron chi connectivity index (χ3n) is 2.75. The monoisotopic (exact) mass is 259 g/mol. The molecule has 0 aliphatic carbocycles. The van der Waals surface area contributed by atoms with Gasteiger partial charge in [0.15, 0.2) is 0 Å². The fourth-order valence-electron chi connectivity index (χ4n) is 1.71. The van der Waals surface area contributed by atoms with E-state index in [-0.39, 0.29) is 0 Å². The van der Waals surface area contributed by atoms with Gasteiger partial charge in [-0.3, -0.25) is 0 Å². The second-order valence-corrected chi connectivity index (χ2v) is 5.98. The normalized spacial score (nSPS) is 12.9. The van der Waals surface area contributed by atoms with E-state index in [1.807, 2.05) is 6.07 Å². The van der Waals surface area contributed by atoms with Gasteiger partial charge < -0.3 is 5.32 Å². The van der Waals surface area contributed by atoms with Crippen LogP contribution in [0.15, 0.2) is 12.1 Å². The van der Waals surface area contributed by atoms with E-state index in [1.165, 1.54) is 37.0 Å². The van der Waals surface area contributed by atoms with Crippen molar-refractivity contribution in [2.75, 3.05) is 6.54 Å². The van der Waals surface area contributed by atoms with Crippen LogP contribution in [-0.2, 0) is 0 Å². The molecular weight excluding hydrogens is 238 g/mol. The molecule has 1 unspecified atom stereocenters. The first-order valence-corrected chi connectivity index (χ1v) is 7.42. The summed E-state index contributed by atoms with van der Waals surface area (Å²) in [4.78, 5) is 1.33. The van der Waals surface area contributed by atoms with E-state index in [1.54, 1.807) is 11.3 Å². The molecule has 1 heterocycles. The van der Waals surface area contributed by atoms with Gasteiger partial charge in [0.05, 0.1) is 4.34 Å². The molecule has 0 radical (unpaired) electrons. The van der Waals surface area contributed by atoms with E-state index in [0.717, 1.165) is 10.9 Å². The molecule has 0 bridgehead atoms. The molecule has 1 atom stereocenters. The molecule has 1 aromatic rings. The zero-order valence-electron chi connectivity index (χ0n) is 10.3. The summed E-state index contributed by atoms with van der Waals surface area (Å²) in [6, 6.07) is 4.52. The van der Waals surface area contributed by atoms with Crippen molar-refractivity contribution >= 4 is 22.9 Å². The molecule has 16 heavy (non-hydrogen) atoms. The summed E-state index contributed by atoms with van der Waals surface area (Å²) < 4.78 is 0.881. The van der Waals surface area contributed by atoms with Gasteiger partial charge in [0, 0.05) is 10.9 Å². The minimum absolute atomic E-state index is 0.434. The van der Waals surface area contributed by atoms with Gasteiger partial charge >= 0.3 is 0 Å². The Hall–Kier alpha value is -0.0500. The standard InChI is InChI=1S/C13H22ClNS/c1-3-4-5-6-7-10-15-11(2)12-8-9-13(14)16-12/h8-9,11,15H,3-7,10H2,1-2H3. The van der Waals surface area contributed by atoms with Crippen LogP contribution in [-0.4, -0.2) is 6.54 Å². The zero-order chi connectivity index (χ0) is 11.8. The van der Waals surface area contributed by atoms with Crippen LogP contribution in [0.1, 0.15) is 56.9 Å². The highest BCUT2D eigenvalue weighted by atomic mass is 35.5. The Morgan fingerprint density at radius 1 is 1.25 bits per heavy atom. The highest BCUT2D eigenvalue weighted by Crippen LogP contribution is 2.26. The minimum Gasteiger partial charge on any atom is -0.309 e. The molecule has 1 N–H and O–H groups in total. The smallest absolute Gasteiger partial charge is 0.0931 e. The van der Waals surface area contributed by atoms with Crippen LogP contribution in [0.4, 0.5) is 0 Å². The van der Waals surface area contributed by atoms with Crippen LogP contribution in [0.25, 0.3) is 0 Å². The second kappa shape index (κ2) is 8.10. The largest absolute Gasteiger partial charge is 0.309 e. The van der Waals surface area contributed by atoms with E-state index < -0.39 is 0 Å². The molecule has 92 valence electrons. The summed E-state index contributed by atoms with van der Waals surface area (Å²) in [6.07, 6.45) is 6.69. The minimum atomic E-state index is 0.434. The number of rotatable bonds is 8. The van der Waals surface area contributed by atoms with Gasteiger partial charge in [-0.25, -0.2) is 0 Å². The Kier molecular flexibility index (Phi) is 7.10. The number of thiophene rings is 1. The fraction of sp³-hybridized carbons (Fsp3) is 0.692. The topological polar surface area (TPSA) is 12.0 Å². The maximum Gasteiger partial charge on any atom is 0.0931 e. The van der Waals surface area contributed by atoms with Crippen molar-refractivity contribution in [3.05, 3.63) is 21.3 Å². The number of hydrogen-bond donors (Lipinski definition) is 1. The quantitative estimate of drug-likeness (QED) is 0.646. The van der Waals surface area contributed by atoms with Gasteiger partial charge in [0.1, 0.15) is 0 Å². The summed E-state index contributed by atoms with van der Waals surface area (Å²) in [6.45, 7) is 5.56. The first-order valence-electron chi connectivity index (χ1n) is 6.22. The molecular formula is C13H22ClNS. The molecule has 1 aromatic heterocycles. The Labute approximate surface area is 108 Å². The van der Waals surface area contributed by atoms with E-state index in [9.17, 15) is 0 Å². The molecule has 1 rings (SSSR count). The van der Waals surface area contributed by atoms with Crippen molar-refractivity contribution in [1.82, 2.24) is 5.32 Å². The SMILES string of the molecule is CCCCCCCNC(C)c1ccc(Cl)s1. The lowest BCUT2D eigenvalue weighted by molar-refractivity contribution is 0.536. The van der Waals surface area contributed by atoms with E-state index in [0.29, 0.717) is 6.04 Å². The highest BCUT2D eigenvalue weighted by Gasteiger charge is 2.06. The van der Waals surface area contributed by atoms with Crippen molar-refractivity contribution in [2.24, 2.45) is 0 Å². The van der Waals surface area contributed by atoms with E-state index in [2.05, 4.69) is 25.2 Å². The average molecular weight is 260 g/mol. The van der Waals surface area contributed by atoms with Gasteiger partial charge in [-0.1, -0.05) is 44.2 Å². The molecule has 3 heteroatoms. The summed E-state index contributed by atoms with van der Waals surface area (Å²) in [5.74, 6) is 0. The van der Waals surface area contributed by atoms with Gasteiger partial charge in [-0.2, -0.15) is 0 Å². The van der Waals surface area contributed by atoms with Crippen LogP contribution in [0, 0.1) is 0 Å². The van der Waals surface area contributed by atoms with E-state index >= 15 is 0 Å². The number of unbranched alkanes of at least 4 members (excludes halogenated alkanes) is 4. The van der Waals surface area contributed by atoms with Gasteiger partial charge in [0.2, 0.25) is 0 Å². The maximum atomic E-state index is 5.91. The van der Waals surface area contributed by atoms with Crippen molar-refractivity contribution in [1.29, 1.82) is 0 Å². The highest BCUT2D eigenvalue weighted by molar-refractivity contribution is 7.16. The summed E-state index contributed by atoms with van der Waals surface area (Å²) in [5, 5.41) is 3.54. The Balaban J connectivity index is 2.09. The third kappa shape index (κ3) is 5.33. The van der Waals surface area contributed by atoms with Crippen LogP contribution in [0.5, 0.6) is 0 Å². The number of hydrogen-bond acceptors (Lipinski definition) is 2. The predicted octanol–water partition coefficient (Wildman–Crippen LogP) is 5.02. The molecule has 0 spiro atoms. The van der Waals surface area contributed by atoms with Crippen molar-refractivity contribution in [3.8, 4) is 0 Å². The summed E-state index contributed by atoms with van der Waals surface area (Å²) in [5.41, 5.74) is 0. The van der Waals surface area contributed by atoms with Crippen LogP contribution in [0.2, 0.25) is 4.34 Å². The third-order valence-corrected chi connectivity index (χ3v) is 4.17. The second-order valence-electron chi connectivity index (χ2n) is 4.23. The number of nitrogens with one attached hydrogen (secondary N) is 1. The first kappa shape index (κ1) is 14.0. The molecule has 0 aliphatic rings. The fourth-order valence-corrected chi connectivity index (χ4v) is 2.80.